The third kappa shape index (κ3) is 8.82. The van der Waals surface area contributed by atoms with E-state index in [4.69, 9.17) is 24.3 Å². The normalized spacial score (nSPS) is 25.3. The lowest BCUT2D eigenvalue weighted by Crippen LogP contribution is -2.35. The van der Waals surface area contributed by atoms with E-state index in [0.29, 0.717) is 17.5 Å². The Labute approximate surface area is 302 Å². The highest BCUT2D eigenvalue weighted by Crippen LogP contribution is 2.68. The van der Waals surface area contributed by atoms with Crippen LogP contribution in [0.5, 0.6) is 0 Å². The van der Waals surface area contributed by atoms with Crippen LogP contribution in [0.25, 0.3) is 5.52 Å². The van der Waals surface area contributed by atoms with Gasteiger partial charge in [0.25, 0.3) is 0 Å². The lowest BCUT2D eigenvalue weighted by molar-refractivity contribution is -0.0769. The van der Waals surface area contributed by atoms with Gasteiger partial charge in [0, 0.05) is 0 Å². The Balaban J connectivity index is 1.15. The van der Waals surface area contributed by atoms with Crippen LogP contribution < -0.4 is 5.73 Å². The summed E-state index contributed by atoms with van der Waals surface area (Å²) in [5, 5.41) is 45.9. The minimum atomic E-state index is -4.96. The van der Waals surface area contributed by atoms with Gasteiger partial charge in [-0.05, 0) is 42.3 Å². The lowest BCUT2D eigenvalue weighted by Gasteiger charge is -2.24. The standard InChI is InChI=1S/C36H48FN6O8P/c1-2-3-4-5-6-7-8-9-10-11-12-13-14-28(48-21-26-17-25(20-38)18-27(37)19-26)22-49-52(46,47)51-34-35(23-39)36(34,45)32(44)31(50-35)29-15-16-30-33(40)41-24-42-43(29)30/h15-19,24,28,31-32,34,44-45H,2-14,21-22H2,1H3,(H,46,47)(H2,40,41,42)/t28-,31-,32-,34?,35+,36+/m0/s1. The number of hydrogen-bond donors (Lipinski definition) is 4. The largest absolute Gasteiger partial charge is 0.472 e. The predicted octanol–water partition coefficient (Wildman–Crippen LogP) is 5.94. The van der Waals surface area contributed by atoms with Crippen LogP contribution in [0.2, 0.25) is 0 Å². The van der Waals surface area contributed by atoms with Crippen molar-refractivity contribution in [1.29, 1.82) is 10.5 Å². The van der Waals surface area contributed by atoms with E-state index in [-0.39, 0.29) is 23.7 Å². The van der Waals surface area contributed by atoms with Gasteiger partial charge in [0.05, 0.1) is 36.6 Å². The number of aliphatic hydroxyl groups excluding tert-OH is 1. The number of benzene rings is 1. The first kappa shape index (κ1) is 39.7. The number of nitriles is 2. The van der Waals surface area contributed by atoms with Gasteiger partial charge in [0.1, 0.15) is 35.9 Å². The smallest absolute Gasteiger partial charge is 0.387 e. The first-order chi connectivity index (χ1) is 25.0. The number of fused-ring (bicyclic) bond motifs is 2. The molecule has 0 spiro atoms. The topological polar surface area (TPSA) is 218 Å². The Hall–Kier alpha value is -3.50. The Bertz CT molecular complexity index is 1800. The highest BCUT2D eigenvalue weighted by Gasteiger charge is 2.90. The van der Waals surface area contributed by atoms with Crippen LogP contribution in [0, 0.1) is 28.5 Å². The van der Waals surface area contributed by atoms with Crippen molar-refractivity contribution in [3.05, 3.63) is 59.3 Å². The summed E-state index contributed by atoms with van der Waals surface area (Å²) in [5.41, 5.74) is 2.58. The Kier molecular flexibility index (Phi) is 13.4. The van der Waals surface area contributed by atoms with E-state index in [1.165, 1.54) is 74.3 Å². The number of aromatic nitrogens is 3. The summed E-state index contributed by atoms with van der Waals surface area (Å²) in [6.07, 6.45) is 10.1. The second-order valence-corrected chi connectivity index (χ2v) is 15.1. The van der Waals surface area contributed by atoms with Gasteiger partial charge < -0.3 is 30.3 Å². The van der Waals surface area contributed by atoms with Gasteiger partial charge in [0.2, 0.25) is 5.60 Å². The molecular weight excluding hydrogens is 694 g/mol. The maximum atomic E-state index is 14.0. The monoisotopic (exact) mass is 742 g/mol. The molecule has 2 fully saturated rings. The molecule has 5 rings (SSSR count). The van der Waals surface area contributed by atoms with E-state index < -0.39 is 55.9 Å². The predicted molar refractivity (Wildman–Crippen MR) is 187 cm³/mol. The van der Waals surface area contributed by atoms with Crippen LogP contribution in [0.1, 0.15) is 113 Å². The fourth-order valence-electron chi connectivity index (χ4n) is 6.97. The summed E-state index contributed by atoms with van der Waals surface area (Å²) in [6, 6.07) is 10.7. The summed E-state index contributed by atoms with van der Waals surface area (Å²) >= 11 is 0. The molecule has 1 aliphatic carbocycles. The van der Waals surface area contributed by atoms with Gasteiger partial charge in [-0.1, -0.05) is 84.0 Å². The molecule has 3 aromatic rings. The molecule has 52 heavy (non-hydrogen) atoms. The van der Waals surface area contributed by atoms with Gasteiger partial charge >= 0.3 is 7.82 Å². The Morgan fingerprint density at radius 1 is 1.08 bits per heavy atom. The van der Waals surface area contributed by atoms with E-state index in [1.54, 1.807) is 18.2 Å². The van der Waals surface area contributed by atoms with Crippen LogP contribution in [-0.2, 0) is 29.7 Å². The van der Waals surface area contributed by atoms with Gasteiger partial charge in [0.15, 0.2) is 17.5 Å². The van der Waals surface area contributed by atoms with Crippen molar-refractivity contribution in [2.45, 2.75) is 133 Å². The third-order valence-corrected chi connectivity index (χ3v) is 10.9. The molecule has 3 heterocycles. The average Bonchev–Trinajstić information content (AvgIpc) is 3.36. The SMILES string of the molecule is CCCCCCCCCCCCCC[C@@H](COP(=O)(O)OC1[C@@]2(C#N)O[C@@H](c3ccc4c(N)ncnn34)[C@H](O)[C@@]12O)OCc1cc(F)cc(C#N)c1. The summed E-state index contributed by atoms with van der Waals surface area (Å²) in [7, 11) is -4.96. The third-order valence-electron chi connectivity index (χ3n) is 9.91. The first-order valence-corrected chi connectivity index (χ1v) is 19.5. The van der Waals surface area contributed by atoms with Crippen LogP contribution in [-0.4, -0.2) is 65.8 Å². The molecule has 2 unspecified atom stereocenters. The quantitative estimate of drug-likeness (QED) is 0.0693. The van der Waals surface area contributed by atoms with Gasteiger partial charge in [-0.25, -0.2) is 18.5 Å². The molecule has 16 heteroatoms. The number of phosphoric ester groups is 1. The number of nitrogen functional groups attached to an aromatic ring is 1. The molecule has 7 atom stereocenters. The minimum Gasteiger partial charge on any atom is -0.387 e. The average molecular weight is 743 g/mol. The molecule has 1 saturated carbocycles. The second-order valence-electron chi connectivity index (χ2n) is 13.7. The molecule has 14 nitrogen and oxygen atoms in total. The zero-order chi connectivity index (χ0) is 37.4. The fraction of sp³-hybridized carbons (Fsp3) is 0.611. The van der Waals surface area contributed by atoms with E-state index >= 15 is 0 Å². The number of halogens is 1. The van der Waals surface area contributed by atoms with Crippen LogP contribution in [0.3, 0.4) is 0 Å². The van der Waals surface area contributed by atoms with Gasteiger partial charge in [-0.2, -0.15) is 15.6 Å². The number of phosphoric acid groups is 1. The number of nitrogens with two attached hydrogens (primary N) is 1. The molecule has 1 aliphatic heterocycles. The molecule has 5 N–H and O–H groups in total. The van der Waals surface area contributed by atoms with Gasteiger partial charge in [-0.15, -0.1) is 0 Å². The number of anilines is 1. The Morgan fingerprint density at radius 3 is 2.38 bits per heavy atom. The number of rotatable bonds is 22. The zero-order valence-electron chi connectivity index (χ0n) is 29.4. The molecule has 1 aromatic carbocycles. The minimum absolute atomic E-state index is 0.0817. The number of nitrogens with zero attached hydrogens (tertiary/aromatic N) is 5. The second kappa shape index (κ2) is 17.5. The van der Waals surface area contributed by atoms with E-state index in [2.05, 4.69) is 17.0 Å². The van der Waals surface area contributed by atoms with Crippen molar-refractivity contribution in [1.82, 2.24) is 14.6 Å². The van der Waals surface area contributed by atoms with Crippen LogP contribution >= 0.6 is 7.82 Å². The molecule has 0 bridgehead atoms. The van der Waals surface area contributed by atoms with Crippen molar-refractivity contribution >= 4 is 19.2 Å². The maximum Gasteiger partial charge on any atom is 0.472 e. The molecule has 282 valence electrons. The molecular formula is C36H48FN6O8P. The summed E-state index contributed by atoms with van der Waals surface area (Å²) in [4.78, 5) is 14.6. The van der Waals surface area contributed by atoms with Crippen molar-refractivity contribution < 1.29 is 42.6 Å². The lowest BCUT2D eigenvalue weighted by atomic mass is 10.0. The molecule has 2 aliphatic rings. The summed E-state index contributed by atoms with van der Waals surface area (Å²) < 4.78 is 51.0. The van der Waals surface area contributed by atoms with E-state index in [1.807, 2.05) is 6.07 Å². The van der Waals surface area contributed by atoms with Crippen LogP contribution in [0.4, 0.5) is 10.2 Å². The number of unbranched alkanes of at least 4 members (excludes halogenated alkanes) is 11. The molecule has 0 amide bonds. The zero-order valence-corrected chi connectivity index (χ0v) is 30.3. The highest BCUT2D eigenvalue weighted by molar-refractivity contribution is 7.47. The summed E-state index contributed by atoms with van der Waals surface area (Å²) in [5.74, 6) is -0.427. The highest BCUT2D eigenvalue weighted by atomic mass is 31.2. The fourth-order valence-corrected chi connectivity index (χ4v) is 7.96. The van der Waals surface area contributed by atoms with Gasteiger partial charge in [-0.3, -0.25) is 9.05 Å². The molecule has 0 radical (unpaired) electrons. The first-order valence-electron chi connectivity index (χ1n) is 18.0. The van der Waals surface area contributed by atoms with Crippen molar-refractivity contribution in [2.75, 3.05) is 12.3 Å². The number of hydrogen-bond acceptors (Lipinski definition) is 12. The maximum absolute atomic E-state index is 14.0. The van der Waals surface area contributed by atoms with Crippen molar-refractivity contribution in [3.8, 4) is 12.1 Å². The number of ether oxygens (including phenoxy) is 2. The number of aliphatic hydroxyl groups is 2. The molecule has 2 aromatic heterocycles. The molecule has 1 saturated heterocycles. The summed E-state index contributed by atoms with van der Waals surface area (Å²) in [6.45, 7) is 1.73. The van der Waals surface area contributed by atoms with Crippen LogP contribution in [0.15, 0.2) is 36.7 Å². The van der Waals surface area contributed by atoms with Crippen molar-refractivity contribution in [2.24, 2.45) is 0 Å². The van der Waals surface area contributed by atoms with Crippen molar-refractivity contribution in [3.63, 3.8) is 0 Å². The Morgan fingerprint density at radius 2 is 1.75 bits per heavy atom. The van der Waals surface area contributed by atoms with E-state index in [0.717, 1.165) is 31.7 Å². The van der Waals surface area contributed by atoms with E-state index in [9.17, 15) is 34.6 Å².